The van der Waals surface area contributed by atoms with Crippen molar-refractivity contribution in [3.8, 4) is 16.8 Å². The monoisotopic (exact) mass is 589 g/mol. The van der Waals surface area contributed by atoms with Crippen molar-refractivity contribution in [3.63, 3.8) is 0 Å². The zero-order valence-corrected chi connectivity index (χ0v) is 23.9. The molecule has 10 nitrogen and oxygen atoms in total. The molecular formula is C26H29F2N7O3S2. The van der Waals surface area contributed by atoms with Gasteiger partial charge in [0.2, 0.25) is 15.9 Å². The molecule has 3 fully saturated rings. The molecule has 1 aromatic carbocycles. The average Bonchev–Trinajstić information content (AvgIpc) is 3.22. The van der Waals surface area contributed by atoms with E-state index in [2.05, 4.69) is 26.1 Å². The molecule has 3 aromatic rings. The first-order chi connectivity index (χ1) is 18.9. The molecule has 1 aliphatic carbocycles. The molecule has 212 valence electrons. The van der Waals surface area contributed by atoms with Crippen LogP contribution in [0.4, 0.5) is 8.78 Å². The second-order valence-corrected chi connectivity index (χ2v) is 14.1. The SMILES string of the molecule is CC(C)C(=O)N1C2CCC1CC(c1cc(S(=O)(=O)NC3(C#N)CC3)cc3c(-c4nnc(C(F)F)s4)nn(C)c13)C2. The van der Waals surface area contributed by atoms with E-state index in [1.165, 1.54) is 6.07 Å². The van der Waals surface area contributed by atoms with Gasteiger partial charge < -0.3 is 4.90 Å². The van der Waals surface area contributed by atoms with Crippen molar-refractivity contribution in [1.82, 2.24) is 29.6 Å². The molecule has 1 saturated carbocycles. The van der Waals surface area contributed by atoms with Crippen molar-refractivity contribution in [3.05, 3.63) is 22.7 Å². The Bertz CT molecular complexity index is 1640. The highest BCUT2D eigenvalue weighted by atomic mass is 32.2. The van der Waals surface area contributed by atoms with Crippen molar-refractivity contribution >= 4 is 38.2 Å². The lowest BCUT2D eigenvalue weighted by atomic mass is 9.83. The first-order valence-electron chi connectivity index (χ1n) is 13.3. The maximum atomic E-state index is 13.6. The largest absolute Gasteiger partial charge is 0.336 e. The summed E-state index contributed by atoms with van der Waals surface area (Å²) in [7, 11) is -2.36. The maximum Gasteiger partial charge on any atom is 0.291 e. The van der Waals surface area contributed by atoms with E-state index >= 15 is 0 Å². The van der Waals surface area contributed by atoms with Crippen LogP contribution in [0.5, 0.6) is 0 Å². The number of amides is 1. The Morgan fingerprint density at radius 1 is 1.20 bits per heavy atom. The third kappa shape index (κ3) is 4.48. The van der Waals surface area contributed by atoms with E-state index in [0.29, 0.717) is 36.6 Å². The Kier molecular flexibility index (Phi) is 6.47. The number of aryl methyl sites for hydroxylation is 1. The molecule has 0 radical (unpaired) electrons. The van der Waals surface area contributed by atoms with E-state index in [1.54, 1.807) is 17.8 Å². The number of benzene rings is 1. The van der Waals surface area contributed by atoms with Crippen molar-refractivity contribution in [2.24, 2.45) is 13.0 Å². The van der Waals surface area contributed by atoms with Gasteiger partial charge in [0.25, 0.3) is 6.43 Å². The molecule has 1 N–H and O–H groups in total. The molecule has 3 aliphatic rings. The third-order valence-corrected chi connectivity index (χ3v) is 10.7. The molecule has 2 aromatic heterocycles. The number of rotatable bonds is 7. The van der Waals surface area contributed by atoms with Gasteiger partial charge in [0, 0.05) is 30.4 Å². The van der Waals surface area contributed by atoms with Crippen LogP contribution in [0.1, 0.15) is 75.3 Å². The number of nitrogens with zero attached hydrogens (tertiary/aromatic N) is 6. The summed E-state index contributed by atoms with van der Waals surface area (Å²) < 4.78 is 57.9. The number of piperidine rings is 1. The van der Waals surface area contributed by atoms with Crippen molar-refractivity contribution in [2.75, 3.05) is 0 Å². The Morgan fingerprint density at radius 2 is 1.88 bits per heavy atom. The summed E-state index contributed by atoms with van der Waals surface area (Å²) in [6.07, 6.45) is 1.23. The van der Waals surface area contributed by atoms with E-state index in [1.807, 2.05) is 18.7 Å². The first kappa shape index (κ1) is 27.2. The normalized spacial score (nSPS) is 23.8. The number of alkyl halides is 2. The van der Waals surface area contributed by atoms with Gasteiger partial charge >= 0.3 is 0 Å². The summed E-state index contributed by atoms with van der Waals surface area (Å²) in [5, 5.41) is 21.8. The first-order valence-corrected chi connectivity index (χ1v) is 15.6. The summed E-state index contributed by atoms with van der Waals surface area (Å²) in [5.41, 5.74) is 0.626. The van der Waals surface area contributed by atoms with Crippen LogP contribution in [-0.4, -0.2) is 56.8 Å². The molecular weight excluding hydrogens is 560 g/mol. The molecule has 40 heavy (non-hydrogen) atoms. The van der Waals surface area contributed by atoms with E-state index < -0.39 is 27.0 Å². The molecule has 2 atom stereocenters. The minimum atomic E-state index is -4.09. The fourth-order valence-corrected chi connectivity index (χ4v) is 8.37. The standard InChI is InChI=1S/C26H29F2N7O3S2/c1-13(2)25(36)35-15-4-5-16(35)9-14(8-15)18-10-17(40(37,38)33-26(12-29)6-7-26)11-19-20(32-34(3)21(18)19)23-30-31-24(39-23)22(27)28/h10-11,13-16,22,33H,4-9H2,1-3H3. The van der Waals surface area contributed by atoms with Gasteiger partial charge in [-0.15, -0.1) is 10.2 Å². The number of nitriles is 1. The van der Waals surface area contributed by atoms with E-state index in [-0.39, 0.29) is 45.4 Å². The molecule has 2 saturated heterocycles. The van der Waals surface area contributed by atoms with Gasteiger partial charge in [0.05, 0.1) is 16.5 Å². The van der Waals surface area contributed by atoms with Crippen molar-refractivity contribution in [1.29, 1.82) is 5.26 Å². The van der Waals surface area contributed by atoms with Gasteiger partial charge in [-0.3, -0.25) is 9.48 Å². The van der Waals surface area contributed by atoms with Crippen LogP contribution >= 0.6 is 11.3 Å². The van der Waals surface area contributed by atoms with Crippen LogP contribution < -0.4 is 4.72 Å². The van der Waals surface area contributed by atoms with Gasteiger partial charge in [-0.2, -0.15) is 15.1 Å². The zero-order chi connectivity index (χ0) is 28.6. The lowest BCUT2D eigenvalue weighted by Crippen LogP contribution is -2.47. The molecule has 2 unspecified atom stereocenters. The highest BCUT2D eigenvalue weighted by Crippen LogP contribution is 2.47. The van der Waals surface area contributed by atoms with Crippen LogP contribution in [0, 0.1) is 17.2 Å². The highest BCUT2D eigenvalue weighted by molar-refractivity contribution is 7.89. The second-order valence-electron chi connectivity index (χ2n) is 11.4. The van der Waals surface area contributed by atoms with Gasteiger partial charge in [-0.1, -0.05) is 25.2 Å². The number of nitrogens with one attached hydrogen (secondary N) is 1. The fraction of sp³-hybridized carbons (Fsp3) is 0.577. The van der Waals surface area contributed by atoms with E-state index in [4.69, 9.17) is 0 Å². The molecule has 1 amide bonds. The van der Waals surface area contributed by atoms with Gasteiger partial charge in [-0.05, 0) is 62.1 Å². The lowest BCUT2D eigenvalue weighted by Gasteiger charge is -2.40. The Balaban J connectivity index is 1.48. The summed E-state index contributed by atoms with van der Waals surface area (Å²) in [6, 6.07) is 5.31. The van der Waals surface area contributed by atoms with Gasteiger partial charge in [0.1, 0.15) is 11.2 Å². The average molecular weight is 590 g/mol. The molecule has 14 heteroatoms. The molecule has 2 aliphatic heterocycles. The Hall–Kier alpha value is -3.02. The number of carbonyl (C=O) groups is 1. The smallest absolute Gasteiger partial charge is 0.291 e. The Labute approximate surface area is 234 Å². The number of fused-ring (bicyclic) bond motifs is 3. The Morgan fingerprint density at radius 3 is 2.42 bits per heavy atom. The second kappa shape index (κ2) is 9.53. The molecule has 0 spiro atoms. The molecule has 6 rings (SSSR count). The highest BCUT2D eigenvalue weighted by Gasteiger charge is 2.48. The van der Waals surface area contributed by atoms with Crippen LogP contribution in [0.15, 0.2) is 17.0 Å². The molecule has 2 bridgehead atoms. The summed E-state index contributed by atoms with van der Waals surface area (Å²) in [6.45, 7) is 3.80. The minimum Gasteiger partial charge on any atom is -0.336 e. The van der Waals surface area contributed by atoms with Gasteiger partial charge in [0.15, 0.2) is 10.0 Å². The van der Waals surface area contributed by atoms with Crippen LogP contribution in [0.3, 0.4) is 0 Å². The van der Waals surface area contributed by atoms with Crippen molar-refractivity contribution < 1.29 is 22.0 Å². The van der Waals surface area contributed by atoms with Crippen LogP contribution in [-0.2, 0) is 21.9 Å². The predicted octanol–water partition coefficient (Wildman–Crippen LogP) is 4.26. The zero-order valence-electron chi connectivity index (χ0n) is 22.3. The topological polar surface area (TPSA) is 134 Å². The summed E-state index contributed by atoms with van der Waals surface area (Å²) in [5.74, 6) is -0.0197. The van der Waals surface area contributed by atoms with Crippen LogP contribution in [0.2, 0.25) is 0 Å². The summed E-state index contributed by atoms with van der Waals surface area (Å²) >= 11 is 0.717. The van der Waals surface area contributed by atoms with Crippen molar-refractivity contribution in [2.45, 2.75) is 87.2 Å². The van der Waals surface area contributed by atoms with Gasteiger partial charge in [-0.25, -0.2) is 17.2 Å². The fourth-order valence-electron chi connectivity index (χ4n) is 6.23. The number of hydrogen-bond donors (Lipinski definition) is 1. The number of hydrogen-bond acceptors (Lipinski definition) is 8. The minimum absolute atomic E-state index is 0.0163. The number of halogens is 2. The van der Waals surface area contributed by atoms with E-state index in [0.717, 1.165) is 29.7 Å². The number of aromatic nitrogens is 4. The lowest BCUT2D eigenvalue weighted by molar-refractivity contribution is -0.139. The molecule has 4 heterocycles. The van der Waals surface area contributed by atoms with E-state index in [9.17, 15) is 27.3 Å². The maximum absolute atomic E-state index is 13.6. The predicted molar refractivity (Wildman–Crippen MR) is 143 cm³/mol. The third-order valence-electron chi connectivity index (χ3n) is 8.30. The van der Waals surface area contributed by atoms with Crippen LogP contribution in [0.25, 0.3) is 21.6 Å². The number of sulfonamides is 1. The quantitative estimate of drug-likeness (QED) is 0.435. The number of carbonyl (C=O) groups excluding carboxylic acids is 1. The summed E-state index contributed by atoms with van der Waals surface area (Å²) in [4.78, 5) is 15.0.